The van der Waals surface area contributed by atoms with E-state index in [4.69, 9.17) is 9.47 Å². The fraction of sp³-hybridized carbons (Fsp3) is 0.724. The topological polar surface area (TPSA) is 91.3 Å². The Kier molecular flexibility index (Phi) is 12.5. The predicted octanol–water partition coefficient (Wildman–Crippen LogP) is 3.25. The zero-order valence-corrected chi connectivity index (χ0v) is 24.0. The number of aliphatic hydroxyl groups excluding tert-OH is 1. The number of benzene rings is 1. The summed E-state index contributed by atoms with van der Waals surface area (Å²) in [7, 11) is 7.33. The van der Waals surface area contributed by atoms with Gasteiger partial charge in [0.1, 0.15) is 0 Å². The molecule has 2 N–H and O–H groups in total. The fourth-order valence-corrected chi connectivity index (χ4v) is 5.74. The van der Waals surface area contributed by atoms with Crippen LogP contribution in [0.15, 0.2) is 30.3 Å². The first-order chi connectivity index (χ1) is 17.6. The third kappa shape index (κ3) is 7.99. The molecule has 0 aromatic heterocycles. The number of rotatable bonds is 14. The second kappa shape index (κ2) is 14.8. The molecule has 0 radical (unpaired) electrons. The summed E-state index contributed by atoms with van der Waals surface area (Å²) >= 11 is 0. The molecule has 8 nitrogen and oxygen atoms in total. The molecule has 0 saturated carbocycles. The summed E-state index contributed by atoms with van der Waals surface area (Å²) in [6.07, 6.45) is 1.45. The van der Waals surface area contributed by atoms with Gasteiger partial charge in [0, 0.05) is 26.8 Å². The van der Waals surface area contributed by atoms with Crippen molar-refractivity contribution in [1.82, 2.24) is 15.1 Å². The van der Waals surface area contributed by atoms with Crippen molar-refractivity contribution in [2.45, 2.75) is 89.8 Å². The number of nitrogens with one attached hydrogen (secondary N) is 1. The average molecular weight is 520 g/mol. The molecule has 0 bridgehead atoms. The maximum absolute atomic E-state index is 13.5. The molecule has 1 heterocycles. The molecular weight excluding hydrogens is 470 g/mol. The van der Waals surface area contributed by atoms with Gasteiger partial charge in [-0.15, -0.1) is 0 Å². The van der Waals surface area contributed by atoms with Gasteiger partial charge < -0.3 is 29.7 Å². The lowest BCUT2D eigenvalue weighted by molar-refractivity contribution is -0.143. The molecule has 1 aromatic rings. The van der Waals surface area contributed by atoms with Crippen molar-refractivity contribution in [3.05, 3.63) is 35.9 Å². The lowest BCUT2D eigenvalue weighted by Crippen LogP contribution is -2.52. The molecule has 0 unspecified atom stereocenters. The van der Waals surface area contributed by atoms with Gasteiger partial charge in [-0.25, -0.2) is 0 Å². The van der Waals surface area contributed by atoms with Gasteiger partial charge in [0.25, 0.3) is 0 Å². The Morgan fingerprint density at radius 1 is 1.14 bits per heavy atom. The Labute approximate surface area is 223 Å². The molecule has 1 aliphatic rings. The van der Waals surface area contributed by atoms with E-state index in [1.165, 1.54) is 0 Å². The zero-order valence-electron chi connectivity index (χ0n) is 24.0. The van der Waals surface area contributed by atoms with Crippen LogP contribution in [-0.4, -0.2) is 91.9 Å². The van der Waals surface area contributed by atoms with Crippen LogP contribution in [0.25, 0.3) is 0 Å². The van der Waals surface area contributed by atoms with Gasteiger partial charge in [-0.1, -0.05) is 57.5 Å². The number of ether oxygens (including phenoxy) is 2. The minimum absolute atomic E-state index is 0.0343. The van der Waals surface area contributed by atoms with Crippen molar-refractivity contribution in [2.75, 3.05) is 34.9 Å². The van der Waals surface area contributed by atoms with E-state index in [1.807, 2.05) is 56.3 Å². The second-order valence-electron chi connectivity index (χ2n) is 10.8. The Bertz CT molecular complexity index is 836. The first kappa shape index (κ1) is 31.2. The lowest BCUT2D eigenvalue weighted by Gasteiger charge is -2.38. The van der Waals surface area contributed by atoms with Crippen molar-refractivity contribution in [2.24, 2.45) is 11.8 Å². The number of amides is 2. The smallest absolute Gasteiger partial charge is 0.225 e. The quantitative estimate of drug-likeness (QED) is 0.392. The van der Waals surface area contributed by atoms with Crippen LogP contribution < -0.4 is 5.32 Å². The second-order valence-corrected chi connectivity index (χ2v) is 10.8. The minimum atomic E-state index is -0.816. The van der Waals surface area contributed by atoms with Crippen LogP contribution in [0.1, 0.15) is 65.0 Å². The van der Waals surface area contributed by atoms with E-state index in [9.17, 15) is 14.7 Å². The van der Waals surface area contributed by atoms with Crippen LogP contribution >= 0.6 is 0 Å². The van der Waals surface area contributed by atoms with Crippen molar-refractivity contribution in [1.29, 1.82) is 0 Å². The van der Waals surface area contributed by atoms with Crippen LogP contribution in [0, 0.1) is 11.8 Å². The van der Waals surface area contributed by atoms with E-state index in [2.05, 4.69) is 24.1 Å². The largest absolute Gasteiger partial charge is 0.386 e. The van der Waals surface area contributed by atoms with Crippen molar-refractivity contribution < 1.29 is 24.2 Å². The van der Waals surface area contributed by atoms with Crippen LogP contribution in [0.2, 0.25) is 0 Å². The minimum Gasteiger partial charge on any atom is -0.386 e. The Morgan fingerprint density at radius 3 is 2.32 bits per heavy atom. The van der Waals surface area contributed by atoms with Gasteiger partial charge in [0.2, 0.25) is 11.8 Å². The summed E-state index contributed by atoms with van der Waals surface area (Å²) < 4.78 is 11.7. The van der Waals surface area contributed by atoms with Gasteiger partial charge in [0.05, 0.1) is 42.7 Å². The first-order valence-electron chi connectivity index (χ1n) is 13.6. The highest BCUT2D eigenvalue weighted by molar-refractivity contribution is 5.80. The monoisotopic (exact) mass is 519 g/mol. The molecule has 37 heavy (non-hydrogen) atoms. The van der Waals surface area contributed by atoms with Gasteiger partial charge in [-0.2, -0.15) is 0 Å². The maximum Gasteiger partial charge on any atom is 0.225 e. The number of carbonyl (C=O) groups is 2. The highest BCUT2D eigenvalue weighted by Gasteiger charge is 2.41. The fourth-order valence-electron chi connectivity index (χ4n) is 5.74. The maximum atomic E-state index is 13.5. The molecular formula is C29H49N3O5. The summed E-state index contributed by atoms with van der Waals surface area (Å²) in [5.74, 6) is -0.285. The van der Waals surface area contributed by atoms with E-state index in [0.717, 1.165) is 24.8 Å². The number of likely N-dealkylation sites (tertiary alicyclic amines) is 1. The van der Waals surface area contributed by atoms with Crippen molar-refractivity contribution >= 4 is 11.8 Å². The number of hydrogen-bond donors (Lipinski definition) is 2. The molecule has 1 aromatic carbocycles. The number of carbonyl (C=O) groups excluding carboxylic acids is 2. The van der Waals surface area contributed by atoms with E-state index in [1.54, 1.807) is 21.1 Å². The van der Waals surface area contributed by atoms with Crippen molar-refractivity contribution in [3.63, 3.8) is 0 Å². The van der Waals surface area contributed by atoms with Gasteiger partial charge >= 0.3 is 0 Å². The van der Waals surface area contributed by atoms with Crippen LogP contribution in [0.4, 0.5) is 0 Å². The Morgan fingerprint density at radius 2 is 1.78 bits per heavy atom. The normalized spacial score (nSPS) is 21.7. The van der Waals surface area contributed by atoms with Gasteiger partial charge in [-0.3, -0.25) is 9.59 Å². The summed E-state index contributed by atoms with van der Waals surface area (Å²) in [4.78, 5) is 30.8. The molecule has 8 atom stereocenters. The number of hydrogen-bond acceptors (Lipinski definition) is 6. The molecule has 0 spiro atoms. The average Bonchev–Trinajstić information content (AvgIpc) is 3.37. The molecule has 1 saturated heterocycles. The SMILES string of the molecule is CC[C@H](C)[C@@H]([C@@H](CC(=O)N1CCC[C@H]1[C@H](OC)[C@@H](C)C(=O)N[C@H](C)[C@@H](O)c1ccccc1)OC)N(C)C. The molecule has 0 aliphatic carbocycles. The lowest BCUT2D eigenvalue weighted by atomic mass is 9.90. The van der Waals surface area contributed by atoms with E-state index in [-0.39, 0.29) is 36.4 Å². The number of aliphatic hydroxyl groups is 1. The Balaban J connectivity index is 2.09. The summed E-state index contributed by atoms with van der Waals surface area (Å²) in [6.45, 7) is 8.61. The van der Waals surface area contributed by atoms with Gasteiger partial charge in [0.15, 0.2) is 0 Å². The highest BCUT2D eigenvalue weighted by atomic mass is 16.5. The first-order valence-corrected chi connectivity index (χ1v) is 13.6. The zero-order chi connectivity index (χ0) is 27.7. The predicted molar refractivity (Wildman–Crippen MR) is 146 cm³/mol. The standard InChI is InChI=1S/C29H49N3O5/c1-9-19(2)26(31(5)6)24(36-7)18-25(33)32-17-13-16-23(32)28(37-8)20(3)29(35)30-21(4)27(34)22-14-11-10-12-15-22/h10-12,14-15,19-21,23-24,26-28,34H,9,13,16-18H2,1-8H3,(H,30,35)/t19-,20+,21+,23-,24+,26-,27+,28+/m0/s1. The Hall–Kier alpha value is -2.00. The number of methoxy groups -OCH3 is 2. The third-order valence-corrected chi connectivity index (χ3v) is 8.04. The molecule has 1 fully saturated rings. The van der Waals surface area contributed by atoms with E-state index >= 15 is 0 Å². The van der Waals surface area contributed by atoms with Gasteiger partial charge in [-0.05, 0) is 45.3 Å². The molecule has 2 amide bonds. The van der Waals surface area contributed by atoms with E-state index < -0.39 is 24.2 Å². The summed E-state index contributed by atoms with van der Waals surface area (Å²) in [5.41, 5.74) is 0.750. The molecule has 2 rings (SSSR count). The number of likely N-dealkylation sites (N-methyl/N-ethyl adjacent to an activating group) is 1. The molecule has 210 valence electrons. The third-order valence-electron chi connectivity index (χ3n) is 8.04. The highest BCUT2D eigenvalue weighted by Crippen LogP contribution is 2.29. The van der Waals surface area contributed by atoms with Crippen LogP contribution in [0.3, 0.4) is 0 Å². The molecule has 1 aliphatic heterocycles. The summed E-state index contributed by atoms with van der Waals surface area (Å²) in [6, 6.07) is 8.76. The van der Waals surface area contributed by atoms with E-state index in [0.29, 0.717) is 12.5 Å². The van der Waals surface area contributed by atoms with Crippen LogP contribution in [-0.2, 0) is 19.1 Å². The summed E-state index contributed by atoms with van der Waals surface area (Å²) in [5, 5.41) is 13.6. The van der Waals surface area contributed by atoms with Crippen LogP contribution in [0.5, 0.6) is 0 Å². The van der Waals surface area contributed by atoms with Crippen molar-refractivity contribution in [3.8, 4) is 0 Å². The molecule has 8 heteroatoms. The number of nitrogens with zero attached hydrogens (tertiary/aromatic N) is 2.